The number of piperidine rings is 1. The molecular formula is C14H26N2O. The van der Waals surface area contributed by atoms with Gasteiger partial charge in [0.1, 0.15) is 0 Å². The molecule has 1 saturated heterocycles. The molecule has 3 nitrogen and oxygen atoms in total. The molecule has 0 atom stereocenters. The van der Waals surface area contributed by atoms with Crippen LogP contribution in [0.2, 0.25) is 0 Å². The van der Waals surface area contributed by atoms with Gasteiger partial charge < -0.3 is 10.6 Å². The van der Waals surface area contributed by atoms with Gasteiger partial charge in [-0.15, -0.1) is 0 Å². The summed E-state index contributed by atoms with van der Waals surface area (Å²) < 4.78 is 0. The van der Waals surface area contributed by atoms with Crippen molar-refractivity contribution < 1.29 is 4.79 Å². The summed E-state index contributed by atoms with van der Waals surface area (Å²) in [5.74, 6) is 0.307. The predicted molar refractivity (Wildman–Crippen MR) is 69.8 cm³/mol. The summed E-state index contributed by atoms with van der Waals surface area (Å²) >= 11 is 0. The molecule has 2 fully saturated rings. The molecule has 2 N–H and O–H groups in total. The van der Waals surface area contributed by atoms with E-state index in [1.54, 1.807) is 0 Å². The molecular weight excluding hydrogens is 212 g/mol. The lowest BCUT2D eigenvalue weighted by Crippen LogP contribution is -2.48. The second kappa shape index (κ2) is 4.97. The predicted octanol–water partition coefficient (Wildman–Crippen LogP) is 2.07. The lowest BCUT2D eigenvalue weighted by molar-refractivity contribution is -0.133. The van der Waals surface area contributed by atoms with Gasteiger partial charge in [-0.1, -0.05) is 13.8 Å². The summed E-state index contributed by atoms with van der Waals surface area (Å²) in [5, 5.41) is 6.58. The van der Waals surface area contributed by atoms with Gasteiger partial charge in [0, 0.05) is 6.54 Å². The van der Waals surface area contributed by atoms with Gasteiger partial charge in [0.2, 0.25) is 5.91 Å². The van der Waals surface area contributed by atoms with E-state index < -0.39 is 0 Å². The van der Waals surface area contributed by atoms with E-state index in [0.29, 0.717) is 11.3 Å². The van der Waals surface area contributed by atoms with Crippen LogP contribution in [-0.2, 0) is 4.79 Å². The summed E-state index contributed by atoms with van der Waals surface area (Å²) in [6.45, 7) is 7.26. The Morgan fingerprint density at radius 3 is 2.24 bits per heavy atom. The van der Waals surface area contributed by atoms with Crippen LogP contribution in [0.1, 0.15) is 52.4 Å². The minimum atomic E-state index is -0.0882. The van der Waals surface area contributed by atoms with Gasteiger partial charge in [0.15, 0.2) is 0 Å². The van der Waals surface area contributed by atoms with Crippen molar-refractivity contribution in [3.63, 3.8) is 0 Å². The quantitative estimate of drug-likeness (QED) is 0.770. The van der Waals surface area contributed by atoms with Crippen LogP contribution in [0.5, 0.6) is 0 Å². The van der Waals surface area contributed by atoms with Crippen molar-refractivity contribution in [1.82, 2.24) is 10.6 Å². The maximum atomic E-state index is 12.4. The summed E-state index contributed by atoms with van der Waals surface area (Å²) in [4.78, 5) is 12.4. The Morgan fingerprint density at radius 2 is 1.76 bits per heavy atom. The number of nitrogens with one attached hydrogen (secondary N) is 2. The normalized spacial score (nSPS) is 25.3. The molecule has 98 valence electrons. The Morgan fingerprint density at radius 1 is 1.12 bits per heavy atom. The summed E-state index contributed by atoms with van der Waals surface area (Å²) in [5.41, 5.74) is 0.368. The smallest absolute Gasteiger partial charge is 0.226 e. The van der Waals surface area contributed by atoms with Gasteiger partial charge in [-0.3, -0.25) is 4.79 Å². The third kappa shape index (κ3) is 2.65. The van der Waals surface area contributed by atoms with E-state index in [9.17, 15) is 4.79 Å². The lowest BCUT2D eigenvalue weighted by Gasteiger charge is -2.35. The van der Waals surface area contributed by atoms with Crippen LogP contribution in [0, 0.1) is 10.8 Å². The van der Waals surface area contributed by atoms with E-state index in [1.165, 1.54) is 19.3 Å². The number of carbonyl (C=O) groups is 1. The fraction of sp³-hybridized carbons (Fsp3) is 0.929. The van der Waals surface area contributed by atoms with E-state index >= 15 is 0 Å². The molecule has 1 heterocycles. The fourth-order valence-corrected chi connectivity index (χ4v) is 2.93. The number of hydrogen-bond donors (Lipinski definition) is 2. The van der Waals surface area contributed by atoms with E-state index in [1.807, 2.05) is 0 Å². The molecule has 0 unspecified atom stereocenters. The minimum absolute atomic E-state index is 0.0882. The van der Waals surface area contributed by atoms with Crippen LogP contribution >= 0.6 is 0 Å². The largest absolute Gasteiger partial charge is 0.355 e. The lowest BCUT2D eigenvalue weighted by atomic mass is 9.75. The third-order valence-corrected chi connectivity index (χ3v) is 5.05. The van der Waals surface area contributed by atoms with Gasteiger partial charge in [0.05, 0.1) is 5.41 Å². The van der Waals surface area contributed by atoms with Crippen LogP contribution in [0.25, 0.3) is 0 Å². The molecule has 2 rings (SSSR count). The highest BCUT2D eigenvalue weighted by atomic mass is 16.2. The molecule has 0 spiro atoms. The van der Waals surface area contributed by atoms with Crippen LogP contribution < -0.4 is 10.6 Å². The number of hydrogen-bond acceptors (Lipinski definition) is 2. The molecule has 1 amide bonds. The molecule has 2 aliphatic rings. The molecule has 0 aromatic rings. The first kappa shape index (κ1) is 12.9. The molecule has 0 aromatic heterocycles. The number of amides is 1. The first-order chi connectivity index (χ1) is 8.16. The average molecular weight is 238 g/mol. The monoisotopic (exact) mass is 238 g/mol. The SMILES string of the molecule is CCC1(CNC(=O)C2(CC)CCNCC2)CC1. The van der Waals surface area contributed by atoms with E-state index in [0.717, 1.165) is 38.9 Å². The summed E-state index contributed by atoms with van der Waals surface area (Å²) in [7, 11) is 0. The maximum absolute atomic E-state index is 12.4. The van der Waals surface area contributed by atoms with Crippen molar-refractivity contribution in [2.75, 3.05) is 19.6 Å². The zero-order valence-corrected chi connectivity index (χ0v) is 11.3. The highest BCUT2D eigenvalue weighted by Crippen LogP contribution is 2.48. The molecule has 3 heteroatoms. The van der Waals surface area contributed by atoms with Crippen molar-refractivity contribution in [2.45, 2.75) is 52.4 Å². The van der Waals surface area contributed by atoms with Crippen LogP contribution in [0.4, 0.5) is 0 Å². The second-order valence-corrected chi connectivity index (χ2v) is 5.92. The van der Waals surface area contributed by atoms with Crippen molar-refractivity contribution in [2.24, 2.45) is 10.8 Å². The number of carbonyl (C=O) groups excluding carboxylic acids is 1. The van der Waals surface area contributed by atoms with Crippen molar-refractivity contribution in [3.8, 4) is 0 Å². The van der Waals surface area contributed by atoms with Crippen LogP contribution in [0.15, 0.2) is 0 Å². The highest BCUT2D eigenvalue weighted by molar-refractivity contribution is 5.82. The van der Waals surface area contributed by atoms with Gasteiger partial charge >= 0.3 is 0 Å². The molecule has 0 bridgehead atoms. The van der Waals surface area contributed by atoms with Gasteiger partial charge in [-0.05, 0) is 57.0 Å². The third-order valence-electron chi connectivity index (χ3n) is 5.05. The van der Waals surface area contributed by atoms with Crippen LogP contribution in [0.3, 0.4) is 0 Å². The van der Waals surface area contributed by atoms with Crippen molar-refractivity contribution in [3.05, 3.63) is 0 Å². The van der Waals surface area contributed by atoms with Crippen molar-refractivity contribution >= 4 is 5.91 Å². The molecule has 1 saturated carbocycles. The van der Waals surface area contributed by atoms with E-state index in [4.69, 9.17) is 0 Å². The van der Waals surface area contributed by atoms with Crippen molar-refractivity contribution in [1.29, 1.82) is 0 Å². The van der Waals surface area contributed by atoms with E-state index in [-0.39, 0.29) is 5.41 Å². The maximum Gasteiger partial charge on any atom is 0.226 e. The van der Waals surface area contributed by atoms with E-state index in [2.05, 4.69) is 24.5 Å². The topological polar surface area (TPSA) is 41.1 Å². The average Bonchev–Trinajstić information content (AvgIpc) is 3.17. The van der Waals surface area contributed by atoms with Crippen LogP contribution in [-0.4, -0.2) is 25.5 Å². The second-order valence-electron chi connectivity index (χ2n) is 5.92. The zero-order valence-electron chi connectivity index (χ0n) is 11.3. The Balaban J connectivity index is 1.88. The minimum Gasteiger partial charge on any atom is -0.355 e. The molecule has 0 aromatic carbocycles. The van der Waals surface area contributed by atoms with Gasteiger partial charge in [0.25, 0.3) is 0 Å². The fourth-order valence-electron chi connectivity index (χ4n) is 2.93. The molecule has 0 radical (unpaired) electrons. The van der Waals surface area contributed by atoms with Gasteiger partial charge in [-0.25, -0.2) is 0 Å². The Bertz CT molecular complexity index is 278. The molecule has 1 aliphatic heterocycles. The zero-order chi connectivity index (χ0) is 12.4. The first-order valence-electron chi connectivity index (χ1n) is 7.15. The van der Waals surface area contributed by atoms with Gasteiger partial charge in [-0.2, -0.15) is 0 Å². The number of rotatable bonds is 5. The Labute approximate surface area is 105 Å². The molecule has 17 heavy (non-hydrogen) atoms. The Kier molecular flexibility index (Phi) is 3.76. The highest BCUT2D eigenvalue weighted by Gasteiger charge is 2.43. The standard InChI is InChI=1S/C14H26N2O/c1-3-13(5-6-13)11-16-12(17)14(4-2)7-9-15-10-8-14/h15H,3-11H2,1-2H3,(H,16,17). The summed E-state index contributed by atoms with van der Waals surface area (Å²) in [6, 6.07) is 0. The first-order valence-corrected chi connectivity index (χ1v) is 7.15. The molecule has 1 aliphatic carbocycles. The Hall–Kier alpha value is -0.570. The summed E-state index contributed by atoms with van der Waals surface area (Å²) in [6.07, 6.45) is 6.76.